The third-order valence-corrected chi connectivity index (χ3v) is 3.09. The molecule has 0 amide bonds. The van der Waals surface area contributed by atoms with Crippen molar-refractivity contribution in [3.05, 3.63) is 59.4 Å². The third-order valence-electron chi connectivity index (χ3n) is 3.09. The van der Waals surface area contributed by atoms with Gasteiger partial charge in [0.25, 0.3) is 0 Å². The summed E-state index contributed by atoms with van der Waals surface area (Å²) in [4.78, 5) is 4.01. The number of aromatic nitrogens is 1. The first-order valence-corrected chi connectivity index (χ1v) is 6.53. The molecule has 1 N–H and O–H groups in total. The molecule has 0 atom stereocenters. The maximum Gasteiger partial charge on any atom is 0.122 e. The van der Waals surface area contributed by atoms with E-state index in [2.05, 4.69) is 29.4 Å². The van der Waals surface area contributed by atoms with Crippen molar-refractivity contribution in [2.45, 2.75) is 19.9 Å². The van der Waals surface area contributed by atoms with Gasteiger partial charge in [0.1, 0.15) is 5.75 Å². The predicted octanol–water partition coefficient (Wildman–Crippen LogP) is 2.73. The second kappa shape index (κ2) is 6.90. The van der Waals surface area contributed by atoms with Gasteiger partial charge in [0.2, 0.25) is 0 Å². The molecule has 0 radical (unpaired) electrons. The van der Waals surface area contributed by atoms with Crippen LogP contribution in [-0.4, -0.2) is 18.6 Å². The van der Waals surface area contributed by atoms with E-state index >= 15 is 0 Å². The fourth-order valence-corrected chi connectivity index (χ4v) is 2.06. The summed E-state index contributed by atoms with van der Waals surface area (Å²) in [7, 11) is 1.72. The van der Waals surface area contributed by atoms with Gasteiger partial charge in [-0.25, -0.2) is 0 Å². The minimum absolute atomic E-state index is 0.872. The van der Waals surface area contributed by atoms with Crippen LogP contribution in [0.15, 0.2) is 42.7 Å². The Morgan fingerprint density at radius 3 is 2.68 bits per heavy atom. The molecule has 3 nitrogen and oxygen atoms in total. The highest BCUT2D eigenvalue weighted by atomic mass is 16.5. The molecule has 1 aromatic carbocycles. The van der Waals surface area contributed by atoms with E-state index in [-0.39, 0.29) is 0 Å². The molecule has 1 heterocycles. The SMILES string of the molecule is COc1ccc(C)cc1CCNCc1ccncc1. The van der Waals surface area contributed by atoms with Gasteiger partial charge in [0, 0.05) is 18.9 Å². The van der Waals surface area contributed by atoms with Gasteiger partial charge in [-0.05, 0) is 49.2 Å². The number of benzene rings is 1. The number of hydrogen-bond donors (Lipinski definition) is 1. The second-order valence-corrected chi connectivity index (χ2v) is 4.60. The Morgan fingerprint density at radius 2 is 1.95 bits per heavy atom. The minimum atomic E-state index is 0.872. The van der Waals surface area contributed by atoms with Crippen LogP contribution in [0.1, 0.15) is 16.7 Å². The molecule has 100 valence electrons. The molecule has 0 fully saturated rings. The Bertz CT molecular complexity index is 511. The lowest BCUT2D eigenvalue weighted by Crippen LogP contribution is -2.17. The molecule has 0 saturated carbocycles. The Balaban J connectivity index is 1.84. The Morgan fingerprint density at radius 1 is 1.16 bits per heavy atom. The van der Waals surface area contributed by atoms with Gasteiger partial charge in [0.15, 0.2) is 0 Å². The molecule has 19 heavy (non-hydrogen) atoms. The number of nitrogens with zero attached hydrogens (tertiary/aromatic N) is 1. The highest BCUT2D eigenvalue weighted by Gasteiger charge is 2.02. The van der Waals surface area contributed by atoms with Crippen molar-refractivity contribution < 1.29 is 4.74 Å². The predicted molar refractivity (Wildman–Crippen MR) is 77.4 cm³/mol. The number of aryl methyl sites for hydroxylation is 1. The zero-order chi connectivity index (χ0) is 13.5. The molecule has 0 unspecified atom stereocenters. The zero-order valence-corrected chi connectivity index (χ0v) is 11.5. The number of nitrogens with one attached hydrogen (secondary N) is 1. The lowest BCUT2D eigenvalue weighted by atomic mass is 10.1. The average molecular weight is 256 g/mol. The fourth-order valence-electron chi connectivity index (χ4n) is 2.06. The first-order chi connectivity index (χ1) is 9.29. The lowest BCUT2D eigenvalue weighted by Gasteiger charge is -2.10. The largest absolute Gasteiger partial charge is 0.496 e. The maximum absolute atomic E-state index is 5.38. The first kappa shape index (κ1) is 13.6. The second-order valence-electron chi connectivity index (χ2n) is 4.60. The summed E-state index contributed by atoms with van der Waals surface area (Å²) in [6.45, 7) is 3.91. The summed E-state index contributed by atoms with van der Waals surface area (Å²) in [5.74, 6) is 0.969. The molecule has 0 aliphatic rings. The smallest absolute Gasteiger partial charge is 0.122 e. The van der Waals surface area contributed by atoms with Crippen molar-refractivity contribution in [3.8, 4) is 5.75 Å². The monoisotopic (exact) mass is 256 g/mol. The summed E-state index contributed by atoms with van der Waals surface area (Å²) in [6.07, 6.45) is 4.61. The number of methoxy groups -OCH3 is 1. The van der Waals surface area contributed by atoms with Crippen LogP contribution in [-0.2, 0) is 13.0 Å². The normalized spacial score (nSPS) is 10.4. The highest BCUT2D eigenvalue weighted by molar-refractivity contribution is 5.37. The molecular formula is C16H20N2O. The number of ether oxygens (including phenoxy) is 1. The summed E-state index contributed by atoms with van der Waals surface area (Å²) >= 11 is 0. The number of hydrogen-bond acceptors (Lipinski definition) is 3. The Labute approximate surface area is 114 Å². The molecule has 3 heteroatoms. The summed E-state index contributed by atoms with van der Waals surface area (Å²) in [6, 6.07) is 10.4. The van der Waals surface area contributed by atoms with Gasteiger partial charge in [-0.3, -0.25) is 4.98 Å². The van der Waals surface area contributed by atoms with Gasteiger partial charge in [-0.15, -0.1) is 0 Å². The summed E-state index contributed by atoms with van der Waals surface area (Å²) < 4.78 is 5.38. The molecule has 1 aromatic heterocycles. The average Bonchev–Trinajstić information content (AvgIpc) is 2.45. The summed E-state index contributed by atoms with van der Waals surface area (Å²) in [5, 5.41) is 3.44. The Kier molecular flexibility index (Phi) is 4.93. The van der Waals surface area contributed by atoms with E-state index < -0.39 is 0 Å². The number of rotatable bonds is 6. The quantitative estimate of drug-likeness (QED) is 0.807. The van der Waals surface area contributed by atoms with Crippen molar-refractivity contribution in [2.24, 2.45) is 0 Å². The Hall–Kier alpha value is -1.87. The van der Waals surface area contributed by atoms with Crippen LogP contribution in [0.25, 0.3) is 0 Å². The topological polar surface area (TPSA) is 34.1 Å². The molecule has 2 rings (SSSR count). The third kappa shape index (κ3) is 4.07. The van der Waals surface area contributed by atoms with Crippen LogP contribution in [0.2, 0.25) is 0 Å². The summed E-state index contributed by atoms with van der Waals surface area (Å²) in [5.41, 5.74) is 3.78. The lowest BCUT2D eigenvalue weighted by molar-refractivity contribution is 0.409. The van der Waals surface area contributed by atoms with Crippen molar-refractivity contribution in [2.75, 3.05) is 13.7 Å². The van der Waals surface area contributed by atoms with E-state index in [9.17, 15) is 0 Å². The minimum Gasteiger partial charge on any atom is -0.496 e. The van der Waals surface area contributed by atoms with Crippen LogP contribution in [0.4, 0.5) is 0 Å². The van der Waals surface area contributed by atoms with Crippen LogP contribution in [0, 0.1) is 6.92 Å². The van der Waals surface area contributed by atoms with Gasteiger partial charge in [-0.1, -0.05) is 17.7 Å². The highest BCUT2D eigenvalue weighted by Crippen LogP contribution is 2.19. The molecular weight excluding hydrogens is 236 g/mol. The molecule has 0 aliphatic heterocycles. The standard InChI is InChI=1S/C16H20N2O/c1-13-3-4-16(19-2)15(11-13)7-10-18-12-14-5-8-17-9-6-14/h3-6,8-9,11,18H,7,10,12H2,1-2H3. The van der Waals surface area contributed by atoms with Gasteiger partial charge >= 0.3 is 0 Å². The van der Waals surface area contributed by atoms with Crippen LogP contribution in [0.3, 0.4) is 0 Å². The van der Waals surface area contributed by atoms with Crippen LogP contribution >= 0.6 is 0 Å². The fraction of sp³-hybridized carbons (Fsp3) is 0.312. The van der Waals surface area contributed by atoms with E-state index in [1.807, 2.05) is 30.6 Å². The molecule has 0 spiro atoms. The number of pyridine rings is 1. The van der Waals surface area contributed by atoms with Crippen LogP contribution < -0.4 is 10.1 Å². The van der Waals surface area contributed by atoms with Crippen molar-refractivity contribution in [3.63, 3.8) is 0 Å². The van der Waals surface area contributed by atoms with Crippen molar-refractivity contribution >= 4 is 0 Å². The molecule has 0 aliphatic carbocycles. The molecule has 0 bridgehead atoms. The zero-order valence-electron chi connectivity index (χ0n) is 11.5. The van der Waals surface area contributed by atoms with Crippen molar-refractivity contribution in [1.82, 2.24) is 10.3 Å². The van der Waals surface area contributed by atoms with E-state index in [4.69, 9.17) is 4.74 Å². The first-order valence-electron chi connectivity index (χ1n) is 6.53. The van der Waals surface area contributed by atoms with E-state index in [1.165, 1.54) is 16.7 Å². The van der Waals surface area contributed by atoms with E-state index in [1.54, 1.807) is 7.11 Å². The van der Waals surface area contributed by atoms with Gasteiger partial charge in [-0.2, -0.15) is 0 Å². The van der Waals surface area contributed by atoms with E-state index in [0.29, 0.717) is 0 Å². The van der Waals surface area contributed by atoms with Gasteiger partial charge < -0.3 is 10.1 Å². The van der Waals surface area contributed by atoms with Crippen molar-refractivity contribution in [1.29, 1.82) is 0 Å². The van der Waals surface area contributed by atoms with E-state index in [0.717, 1.165) is 25.3 Å². The van der Waals surface area contributed by atoms with Crippen LogP contribution in [0.5, 0.6) is 5.75 Å². The van der Waals surface area contributed by atoms with Gasteiger partial charge in [0.05, 0.1) is 7.11 Å². The molecule has 0 saturated heterocycles. The molecule has 2 aromatic rings. The maximum atomic E-state index is 5.38.